The van der Waals surface area contributed by atoms with E-state index in [0.29, 0.717) is 6.61 Å². The topological polar surface area (TPSA) is 44.8 Å². The number of allylic oxidation sites excluding steroid dienone is 1. The molecule has 0 radical (unpaired) electrons. The minimum Gasteiger partial charge on any atom is -0.467 e. The van der Waals surface area contributed by atoms with Crippen molar-refractivity contribution in [3.05, 3.63) is 48.0 Å². The molecule has 0 spiro atoms. The second kappa shape index (κ2) is 10.0. The number of rotatable bonds is 9. The number of hydrogen-bond acceptors (Lipinski definition) is 4. The van der Waals surface area contributed by atoms with Gasteiger partial charge in [0.2, 0.25) is 0 Å². The molecular formula is C16H19F3O4. The average Bonchev–Trinajstić information content (AvgIpc) is 2.53. The van der Waals surface area contributed by atoms with Gasteiger partial charge in [0.1, 0.15) is 6.61 Å². The van der Waals surface area contributed by atoms with Gasteiger partial charge in [-0.3, -0.25) is 0 Å². The maximum Gasteiger partial charge on any atom is 0.409 e. The zero-order chi connectivity index (χ0) is 17.1. The molecule has 0 unspecified atom stereocenters. The molecule has 0 aliphatic carbocycles. The molecule has 1 atom stereocenters. The molecule has 0 N–H and O–H groups in total. The molecule has 0 bridgehead atoms. The molecular weight excluding hydrogens is 313 g/mol. The maximum atomic E-state index is 12.2. The summed E-state index contributed by atoms with van der Waals surface area (Å²) < 4.78 is 51.6. The third kappa shape index (κ3) is 9.70. The summed E-state index contributed by atoms with van der Waals surface area (Å²) in [6.07, 6.45) is -4.17. The van der Waals surface area contributed by atoms with E-state index in [1.807, 2.05) is 30.3 Å². The fourth-order valence-electron chi connectivity index (χ4n) is 1.65. The summed E-state index contributed by atoms with van der Waals surface area (Å²) >= 11 is 0. The molecule has 0 aromatic heterocycles. The minimum atomic E-state index is -4.43. The standard InChI is InChI=1S/C16H19F3O4/c1-21-15(20)12-23-14(7-9-16(17,18)19)8-10-22-11-13-5-3-2-4-6-13/h2-7,9,14H,8,10-12H2,1H3/b9-7-/t14-/m1/s1. The summed E-state index contributed by atoms with van der Waals surface area (Å²) in [6, 6.07) is 9.38. The van der Waals surface area contributed by atoms with E-state index >= 15 is 0 Å². The van der Waals surface area contributed by atoms with Gasteiger partial charge in [0.05, 0.1) is 19.8 Å². The Hall–Kier alpha value is -1.86. The van der Waals surface area contributed by atoms with Crippen molar-refractivity contribution in [2.45, 2.75) is 25.3 Å². The van der Waals surface area contributed by atoms with Gasteiger partial charge < -0.3 is 14.2 Å². The Balaban J connectivity index is 2.41. The van der Waals surface area contributed by atoms with Crippen molar-refractivity contribution in [2.24, 2.45) is 0 Å². The lowest BCUT2D eigenvalue weighted by Gasteiger charge is -2.14. The summed E-state index contributed by atoms with van der Waals surface area (Å²) in [7, 11) is 1.18. The lowest BCUT2D eigenvalue weighted by Crippen LogP contribution is -2.20. The third-order valence-electron chi connectivity index (χ3n) is 2.80. The van der Waals surface area contributed by atoms with Gasteiger partial charge in [-0.15, -0.1) is 0 Å². The van der Waals surface area contributed by atoms with Crippen molar-refractivity contribution in [3.63, 3.8) is 0 Å². The number of carbonyl (C=O) groups is 1. The van der Waals surface area contributed by atoms with Crippen LogP contribution in [0.2, 0.25) is 0 Å². The quantitative estimate of drug-likeness (QED) is 0.395. The van der Waals surface area contributed by atoms with E-state index in [-0.39, 0.29) is 19.1 Å². The molecule has 0 amide bonds. The summed E-state index contributed by atoms with van der Waals surface area (Å²) in [5.74, 6) is -0.652. The van der Waals surface area contributed by atoms with E-state index in [0.717, 1.165) is 11.6 Å². The summed E-state index contributed by atoms with van der Waals surface area (Å²) in [5.41, 5.74) is 0.963. The lowest BCUT2D eigenvalue weighted by atomic mass is 10.2. The van der Waals surface area contributed by atoms with Gasteiger partial charge in [0, 0.05) is 19.1 Å². The average molecular weight is 332 g/mol. The van der Waals surface area contributed by atoms with Gasteiger partial charge in [0.15, 0.2) is 0 Å². The normalized spacial score (nSPS) is 13.2. The van der Waals surface area contributed by atoms with Gasteiger partial charge in [-0.2, -0.15) is 13.2 Å². The van der Waals surface area contributed by atoms with Crippen LogP contribution in [0.25, 0.3) is 0 Å². The number of alkyl halides is 3. The van der Waals surface area contributed by atoms with E-state index in [1.165, 1.54) is 7.11 Å². The first-order chi connectivity index (χ1) is 10.9. The molecule has 0 saturated heterocycles. The molecule has 1 aromatic rings. The zero-order valence-corrected chi connectivity index (χ0v) is 12.7. The van der Waals surface area contributed by atoms with Crippen LogP contribution in [0.1, 0.15) is 12.0 Å². The Kier molecular flexibility index (Phi) is 8.36. The predicted octanol–water partition coefficient (Wildman–Crippen LogP) is 3.27. The molecule has 128 valence electrons. The van der Waals surface area contributed by atoms with Crippen molar-refractivity contribution in [3.8, 4) is 0 Å². The maximum absolute atomic E-state index is 12.2. The Morgan fingerprint density at radius 1 is 1.26 bits per heavy atom. The number of ether oxygens (including phenoxy) is 3. The number of benzene rings is 1. The number of esters is 1. The van der Waals surface area contributed by atoms with Crippen LogP contribution in [-0.4, -0.2) is 38.6 Å². The number of methoxy groups -OCH3 is 1. The summed E-state index contributed by atoms with van der Waals surface area (Å²) in [5, 5.41) is 0. The van der Waals surface area contributed by atoms with E-state index in [1.54, 1.807) is 0 Å². The highest BCUT2D eigenvalue weighted by atomic mass is 19.4. The smallest absolute Gasteiger partial charge is 0.409 e. The van der Waals surface area contributed by atoms with Crippen molar-refractivity contribution in [1.29, 1.82) is 0 Å². The number of hydrogen-bond donors (Lipinski definition) is 0. The van der Waals surface area contributed by atoms with E-state index in [9.17, 15) is 18.0 Å². The Morgan fingerprint density at radius 3 is 2.57 bits per heavy atom. The SMILES string of the molecule is COC(=O)CO[C@H](/C=C\C(F)(F)F)CCOCc1ccccc1. The molecule has 0 aliphatic rings. The van der Waals surface area contributed by atoms with E-state index in [2.05, 4.69) is 4.74 Å². The number of carbonyl (C=O) groups excluding carboxylic acids is 1. The van der Waals surface area contributed by atoms with Gasteiger partial charge in [-0.05, 0) is 5.56 Å². The predicted molar refractivity (Wildman–Crippen MR) is 77.7 cm³/mol. The zero-order valence-electron chi connectivity index (χ0n) is 12.7. The molecule has 0 aliphatic heterocycles. The molecule has 0 fully saturated rings. The highest BCUT2D eigenvalue weighted by Crippen LogP contribution is 2.17. The van der Waals surface area contributed by atoms with Crippen LogP contribution in [0, 0.1) is 0 Å². The second-order valence-electron chi connectivity index (χ2n) is 4.65. The molecule has 4 nitrogen and oxygen atoms in total. The molecule has 1 aromatic carbocycles. The first-order valence-corrected chi connectivity index (χ1v) is 6.97. The van der Waals surface area contributed by atoms with Crippen molar-refractivity contribution >= 4 is 5.97 Å². The summed E-state index contributed by atoms with van der Waals surface area (Å²) in [4.78, 5) is 11.0. The van der Waals surface area contributed by atoms with Crippen molar-refractivity contribution in [1.82, 2.24) is 0 Å². The molecule has 1 rings (SSSR count). The van der Waals surface area contributed by atoms with Gasteiger partial charge >= 0.3 is 12.1 Å². The molecule has 23 heavy (non-hydrogen) atoms. The van der Waals surface area contributed by atoms with Gasteiger partial charge in [0.25, 0.3) is 0 Å². The van der Waals surface area contributed by atoms with Crippen molar-refractivity contribution < 1.29 is 32.2 Å². The van der Waals surface area contributed by atoms with Crippen LogP contribution in [0.4, 0.5) is 13.2 Å². The number of halogens is 3. The van der Waals surface area contributed by atoms with Gasteiger partial charge in [-0.1, -0.05) is 36.4 Å². The third-order valence-corrected chi connectivity index (χ3v) is 2.80. The van der Waals surface area contributed by atoms with Crippen LogP contribution in [0.3, 0.4) is 0 Å². The Labute approximate surface area is 132 Å². The van der Waals surface area contributed by atoms with E-state index < -0.39 is 24.9 Å². The molecule has 0 saturated carbocycles. The highest BCUT2D eigenvalue weighted by Gasteiger charge is 2.23. The molecule has 7 heteroatoms. The Morgan fingerprint density at radius 2 is 1.96 bits per heavy atom. The van der Waals surface area contributed by atoms with Crippen LogP contribution in [-0.2, 0) is 25.6 Å². The minimum absolute atomic E-state index is 0.0894. The second-order valence-corrected chi connectivity index (χ2v) is 4.65. The fraction of sp³-hybridized carbons (Fsp3) is 0.438. The summed E-state index contributed by atoms with van der Waals surface area (Å²) in [6.45, 7) is 0.137. The van der Waals surface area contributed by atoms with Crippen LogP contribution >= 0.6 is 0 Å². The van der Waals surface area contributed by atoms with Gasteiger partial charge in [-0.25, -0.2) is 4.79 Å². The van der Waals surface area contributed by atoms with Crippen LogP contribution in [0.15, 0.2) is 42.5 Å². The first-order valence-electron chi connectivity index (χ1n) is 6.97. The lowest BCUT2D eigenvalue weighted by molar-refractivity contribution is -0.147. The molecule has 0 heterocycles. The monoisotopic (exact) mass is 332 g/mol. The van der Waals surface area contributed by atoms with Crippen molar-refractivity contribution in [2.75, 3.05) is 20.3 Å². The van der Waals surface area contributed by atoms with E-state index in [4.69, 9.17) is 9.47 Å². The Bertz CT molecular complexity index is 486. The largest absolute Gasteiger partial charge is 0.467 e. The van der Waals surface area contributed by atoms with Crippen LogP contribution in [0.5, 0.6) is 0 Å². The fourth-order valence-corrected chi connectivity index (χ4v) is 1.65. The first kappa shape index (κ1) is 19.2. The van der Waals surface area contributed by atoms with Crippen LogP contribution < -0.4 is 0 Å². The highest BCUT2D eigenvalue weighted by molar-refractivity contribution is 5.70.